The van der Waals surface area contributed by atoms with E-state index in [0.717, 1.165) is 16.3 Å². The van der Waals surface area contributed by atoms with Crippen molar-refractivity contribution in [2.75, 3.05) is 14.2 Å². The van der Waals surface area contributed by atoms with Gasteiger partial charge in [0.1, 0.15) is 0 Å². The molecule has 2 aromatic rings. The van der Waals surface area contributed by atoms with E-state index in [0.29, 0.717) is 6.42 Å². The second kappa shape index (κ2) is 5.65. The zero-order valence-electron chi connectivity index (χ0n) is 11.5. The summed E-state index contributed by atoms with van der Waals surface area (Å²) in [5, 5.41) is 12.7. The number of methoxy groups -OCH3 is 2. The third-order valence-electron chi connectivity index (χ3n) is 3.35. The van der Waals surface area contributed by atoms with Gasteiger partial charge < -0.3 is 14.6 Å². The lowest BCUT2D eigenvalue weighted by atomic mass is 9.88. The zero-order chi connectivity index (χ0) is 13.9. The Labute approximate surface area is 113 Å². The number of pyridine rings is 1. The van der Waals surface area contributed by atoms with E-state index in [9.17, 15) is 5.11 Å². The summed E-state index contributed by atoms with van der Waals surface area (Å²) in [6, 6.07) is 7.73. The Kier molecular flexibility index (Phi) is 4.14. The van der Waals surface area contributed by atoms with Crippen LogP contribution in [0.3, 0.4) is 0 Å². The molecule has 0 saturated heterocycles. The highest BCUT2D eigenvalue weighted by Gasteiger charge is 2.29. The van der Waals surface area contributed by atoms with Crippen LogP contribution in [0.4, 0.5) is 0 Å². The molecule has 0 aliphatic rings. The predicted octanol–water partition coefficient (Wildman–Crippen LogP) is 2.45. The standard InChI is InChI=1S/C15H19NO3/c1-15(17,9-14(18-2)19-3)13-6-4-5-11-10-16-8-7-12(11)13/h4-8,10,14,17H,9H2,1-3H3. The lowest BCUT2D eigenvalue weighted by Gasteiger charge is -2.28. The normalized spacial score (nSPS) is 14.8. The van der Waals surface area contributed by atoms with Crippen LogP contribution in [0.2, 0.25) is 0 Å². The second-order valence-corrected chi connectivity index (χ2v) is 4.78. The summed E-state index contributed by atoms with van der Waals surface area (Å²) in [5.41, 5.74) is -0.177. The van der Waals surface area contributed by atoms with Crippen LogP contribution in [0.25, 0.3) is 10.8 Å². The molecule has 0 bridgehead atoms. The average molecular weight is 261 g/mol. The predicted molar refractivity (Wildman–Crippen MR) is 73.7 cm³/mol. The second-order valence-electron chi connectivity index (χ2n) is 4.78. The van der Waals surface area contributed by atoms with Crippen molar-refractivity contribution in [3.63, 3.8) is 0 Å². The number of nitrogens with zero attached hydrogens (tertiary/aromatic N) is 1. The van der Waals surface area contributed by atoms with Crippen molar-refractivity contribution in [1.82, 2.24) is 4.98 Å². The minimum atomic E-state index is -1.03. The number of hydrogen-bond acceptors (Lipinski definition) is 4. The largest absolute Gasteiger partial charge is 0.385 e. The summed E-state index contributed by atoms with van der Waals surface area (Å²) in [6.45, 7) is 1.77. The Morgan fingerprint density at radius 1 is 1.26 bits per heavy atom. The summed E-state index contributed by atoms with van der Waals surface area (Å²) >= 11 is 0. The fourth-order valence-electron chi connectivity index (χ4n) is 2.29. The van der Waals surface area contributed by atoms with Gasteiger partial charge in [-0.25, -0.2) is 0 Å². The molecule has 0 saturated carbocycles. The zero-order valence-corrected chi connectivity index (χ0v) is 11.5. The third kappa shape index (κ3) is 2.92. The van der Waals surface area contributed by atoms with Gasteiger partial charge in [0, 0.05) is 38.4 Å². The maximum absolute atomic E-state index is 10.7. The lowest BCUT2D eigenvalue weighted by molar-refractivity contribution is -0.141. The van der Waals surface area contributed by atoms with Gasteiger partial charge in [0.15, 0.2) is 6.29 Å². The molecule has 0 aliphatic carbocycles. The fraction of sp³-hybridized carbons (Fsp3) is 0.400. The van der Waals surface area contributed by atoms with Gasteiger partial charge in [0.25, 0.3) is 0 Å². The minimum Gasteiger partial charge on any atom is -0.385 e. The van der Waals surface area contributed by atoms with Crippen LogP contribution in [-0.4, -0.2) is 30.6 Å². The first kappa shape index (κ1) is 13.9. The van der Waals surface area contributed by atoms with Crippen molar-refractivity contribution in [1.29, 1.82) is 0 Å². The van der Waals surface area contributed by atoms with Gasteiger partial charge in [-0.1, -0.05) is 18.2 Å². The molecule has 1 N–H and O–H groups in total. The maximum atomic E-state index is 10.7. The Morgan fingerprint density at radius 3 is 2.68 bits per heavy atom. The van der Waals surface area contributed by atoms with Gasteiger partial charge in [0.05, 0.1) is 5.60 Å². The number of hydrogen-bond donors (Lipinski definition) is 1. The molecule has 1 heterocycles. The Hall–Kier alpha value is -1.49. The van der Waals surface area contributed by atoms with E-state index in [-0.39, 0.29) is 0 Å². The summed E-state index contributed by atoms with van der Waals surface area (Å²) in [4.78, 5) is 4.10. The molecule has 4 heteroatoms. The molecule has 0 spiro atoms. The van der Waals surface area contributed by atoms with Crippen LogP contribution >= 0.6 is 0 Å². The van der Waals surface area contributed by atoms with Gasteiger partial charge in [-0.2, -0.15) is 0 Å². The summed E-state index contributed by atoms with van der Waals surface area (Å²) in [5.74, 6) is 0. The smallest absolute Gasteiger partial charge is 0.159 e. The van der Waals surface area contributed by atoms with Crippen LogP contribution in [0, 0.1) is 0 Å². The van der Waals surface area contributed by atoms with Gasteiger partial charge >= 0.3 is 0 Å². The molecule has 19 heavy (non-hydrogen) atoms. The van der Waals surface area contributed by atoms with E-state index in [1.165, 1.54) is 0 Å². The lowest BCUT2D eigenvalue weighted by Crippen LogP contribution is -2.29. The highest BCUT2D eigenvalue weighted by molar-refractivity contribution is 5.85. The van der Waals surface area contributed by atoms with Crippen molar-refractivity contribution in [2.24, 2.45) is 0 Å². The van der Waals surface area contributed by atoms with E-state index in [2.05, 4.69) is 4.98 Å². The Morgan fingerprint density at radius 2 is 2.00 bits per heavy atom. The van der Waals surface area contributed by atoms with Gasteiger partial charge in [-0.05, 0) is 23.9 Å². The van der Waals surface area contributed by atoms with E-state index >= 15 is 0 Å². The van der Waals surface area contributed by atoms with E-state index in [1.54, 1.807) is 33.5 Å². The van der Waals surface area contributed by atoms with E-state index < -0.39 is 11.9 Å². The van der Waals surface area contributed by atoms with Crippen LogP contribution in [-0.2, 0) is 15.1 Å². The van der Waals surface area contributed by atoms with Crippen molar-refractivity contribution >= 4 is 10.8 Å². The molecule has 1 aromatic heterocycles. The highest BCUT2D eigenvalue weighted by Crippen LogP contribution is 2.32. The number of aromatic nitrogens is 1. The maximum Gasteiger partial charge on any atom is 0.159 e. The number of ether oxygens (including phenoxy) is 2. The summed E-state index contributed by atoms with van der Waals surface area (Å²) < 4.78 is 10.3. The molecule has 1 atom stereocenters. The van der Waals surface area contributed by atoms with Crippen molar-refractivity contribution < 1.29 is 14.6 Å². The van der Waals surface area contributed by atoms with E-state index in [1.807, 2.05) is 24.3 Å². The number of rotatable bonds is 5. The average Bonchev–Trinajstić information content (AvgIpc) is 2.44. The highest BCUT2D eigenvalue weighted by atomic mass is 16.7. The molecule has 0 amide bonds. The molecular weight excluding hydrogens is 242 g/mol. The van der Waals surface area contributed by atoms with Crippen molar-refractivity contribution in [3.8, 4) is 0 Å². The molecule has 1 unspecified atom stereocenters. The van der Waals surface area contributed by atoms with E-state index in [4.69, 9.17) is 9.47 Å². The summed E-state index contributed by atoms with van der Waals surface area (Å²) in [6.07, 6.45) is 3.44. The molecular formula is C15H19NO3. The molecule has 0 radical (unpaired) electrons. The third-order valence-corrected chi connectivity index (χ3v) is 3.35. The first-order valence-electron chi connectivity index (χ1n) is 6.19. The van der Waals surface area contributed by atoms with Crippen LogP contribution in [0.1, 0.15) is 18.9 Å². The Balaban J connectivity index is 2.42. The Bertz CT molecular complexity index is 545. The topological polar surface area (TPSA) is 51.6 Å². The minimum absolute atomic E-state index is 0.363. The van der Waals surface area contributed by atoms with Crippen LogP contribution in [0.5, 0.6) is 0 Å². The first-order valence-corrected chi connectivity index (χ1v) is 6.19. The van der Waals surface area contributed by atoms with Crippen molar-refractivity contribution in [2.45, 2.75) is 25.2 Å². The van der Waals surface area contributed by atoms with Gasteiger partial charge in [-0.3, -0.25) is 4.98 Å². The molecule has 0 aliphatic heterocycles. The monoisotopic (exact) mass is 261 g/mol. The summed E-state index contributed by atoms with van der Waals surface area (Å²) in [7, 11) is 3.13. The van der Waals surface area contributed by atoms with Gasteiger partial charge in [-0.15, -0.1) is 0 Å². The quantitative estimate of drug-likeness (QED) is 0.840. The molecule has 2 rings (SSSR count). The van der Waals surface area contributed by atoms with Crippen LogP contribution in [0.15, 0.2) is 36.7 Å². The fourth-order valence-corrected chi connectivity index (χ4v) is 2.29. The van der Waals surface area contributed by atoms with Crippen molar-refractivity contribution in [3.05, 3.63) is 42.2 Å². The molecule has 0 fully saturated rings. The molecule has 4 nitrogen and oxygen atoms in total. The first-order chi connectivity index (χ1) is 9.08. The SMILES string of the molecule is COC(CC(C)(O)c1cccc2cnccc12)OC. The number of fused-ring (bicyclic) bond motifs is 1. The molecule has 102 valence electrons. The molecule has 1 aromatic carbocycles. The number of aliphatic hydroxyl groups is 1. The number of benzene rings is 1. The van der Waals surface area contributed by atoms with Crippen LogP contribution < -0.4 is 0 Å². The van der Waals surface area contributed by atoms with Gasteiger partial charge in [0.2, 0.25) is 0 Å².